The van der Waals surface area contributed by atoms with Crippen molar-refractivity contribution < 1.29 is 0 Å². The first-order valence-electron chi connectivity index (χ1n) is 3.56. The summed E-state index contributed by atoms with van der Waals surface area (Å²) in [5.74, 6) is 0.704. The average Bonchev–Trinajstić information content (AvgIpc) is 2.58. The Labute approximate surface area is 73.8 Å². The molecule has 0 amide bonds. The Balaban J connectivity index is 2.43. The zero-order chi connectivity index (χ0) is 8.55. The molecule has 0 bridgehead atoms. The molecule has 4 nitrogen and oxygen atoms in total. The van der Waals surface area contributed by atoms with E-state index in [1.807, 2.05) is 6.07 Å². The van der Waals surface area contributed by atoms with Crippen molar-refractivity contribution >= 4 is 11.3 Å². The van der Waals surface area contributed by atoms with Gasteiger partial charge in [-0.05, 0) is 24.3 Å². The highest BCUT2D eigenvalue weighted by atomic mass is 32.1. The molecule has 2 aromatic rings. The van der Waals surface area contributed by atoms with Crippen molar-refractivity contribution in [3.05, 3.63) is 17.0 Å². The second-order valence-corrected chi connectivity index (χ2v) is 3.80. The Morgan fingerprint density at radius 3 is 2.75 bits per heavy atom. The van der Waals surface area contributed by atoms with Gasteiger partial charge in [0.1, 0.15) is 0 Å². The van der Waals surface area contributed by atoms with E-state index in [0.717, 1.165) is 4.88 Å². The van der Waals surface area contributed by atoms with Crippen LogP contribution < -0.4 is 0 Å². The van der Waals surface area contributed by atoms with Gasteiger partial charge in [0.25, 0.3) is 0 Å². The van der Waals surface area contributed by atoms with Crippen molar-refractivity contribution in [2.24, 2.45) is 7.05 Å². The quantitative estimate of drug-likeness (QED) is 0.663. The van der Waals surface area contributed by atoms with Gasteiger partial charge >= 0.3 is 0 Å². The minimum Gasteiger partial charge on any atom is -0.167 e. The Hall–Kier alpha value is -1.23. The second-order valence-electron chi connectivity index (χ2n) is 2.51. The molecule has 2 rings (SSSR count). The molecule has 0 fully saturated rings. The molecule has 0 aliphatic carbocycles. The van der Waals surface area contributed by atoms with Crippen LogP contribution in [-0.2, 0) is 7.05 Å². The number of aryl methyl sites for hydroxylation is 2. The van der Waals surface area contributed by atoms with Crippen molar-refractivity contribution in [3.8, 4) is 10.7 Å². The van der Waals surface area contributed by atoms with Crippen LogP contribution in [0.2, 0.25) is 0 Å². The molecule has 0 radical (unpaired) electrons. The van der Waals surface area contributed by atoms with E-state index in [9.17, 15) is 0 Å². The third kappa shape index (κ3) is 1.23. The Morgan fingerprint density at radius 1 is 1.42 bits per heavy atom. The van der Waals surface area contributed by atoms with Crippen molar-refractivity contribution in [1.29, 1.82) is 0 Å². The molecule has 2 heterocycles. The monoisotopic (exact) mass is 180 g/mol. The second kappa shape index (κ2) is 2.67. The van der Waals surface area contributed by atoms with Crippen LogP contribution in [0.4, 0.5) is 0 Å². The maximum Gasteiger partial charge on any atom is 0.214 e. The fraction of sp³-hybridized carbons (Fsp3) is 0.286. The van der Waals surface area contributed by atoms with E-state index in [2.05, 4.69) is 28.4 Å². The summed E-state index contributed by atoms with van der Waals surface area (Å²) in [7, 11) is 1.76. The number of nitrogens with zero attached hydrogens (tertiary/aromatic N) is 4. The topological polar surface area (TPSA) is 43.6 Å². The van der Waals surface area contributed by atoms with Crippen LogP contribution in [0.3, 0.4) is 0 Å². The molecule has 0 unspecified atom stereocenters. The zero-order valence-electron chi connectivity index (χ0n) is 6.85. The maximum absolute atomic E-state index is 4.10. The fourth-order valence-corrected chi connectivity index (χ4v) is 1.73. The lowest BCUT2D eigenvalue weighted by atomic mass is 10.4. The van der Waals surface area contributed by atoms with Crippen LogP contribution >= 0.6 is 11.3 Å². The molecule has 0 saturated heterocycles. The number of hydrogen-bond acceptors (Lipinski definition) is 4. The first kappa shape index (κ1) is 7.42. The van der Waals surface area contributed by atoms with Gasteiger partial charge in [0.15, 0.2) is 0 Å². The standard InChI is InChI=1S/C7H8N4S/c1-5-3-4-6(12-5)7-8-10-11(2)9-7/h3-4H,1-2H3. The van der Waals surface area contributed by atoms with Crippen molar-refractivity contribution in [1.82, 2.24) is 20.2 Å². The Morgan fingerprint density at radius 2 is 2.25 bits per heavy atom. The van der Waals surface area contributed by atoms with Crippen LogP contribution in [0.1, 0.15) is 4.88 Å². The molecule has 0 aliphatic rings. The number of rotatable bonds is 1. The minimum absolute atomic E-state index is 0.704. The summed E-state index contributed by atoms with van der Waals surface area (Å²) in [4.78, 5) is 3.79. The molecule has 0 aromatic carbocycles. The highest BCUT2D eigenvalue weighted by molar-refractivity contribution is 7.15. The van der Waals surface area contributed by atoms with Crippen molar-refractivity contribution in [2.45, 2.75) is 6.92 Å². The summed E-state index contributed by atoms with van der Waals surface area (Å²) in [6, 6.07) is 4.06. The van der Waals surface area contributed by atoms with Gasteiger partial charge < -0.3 is 0 Å². The molecule has 0 saturated carbocycles. The summed E-state index contributed by atoms with van der Waals surface area (Å²) in [6.07, 6.45) is 0. The number of aromatic nitrogens is 4. The van der Waals surface area contributed by atoms with Crippen molar-refractivity contribution in [3.63, 3.8) is 0 Å². The van der Waals surface area contributed by atoms with Gasteiger partial charge in [-0.1, -0.05) is 0 Å². The molecular weight excluding hydrogens is 172 g/mol. The minimum atomic E-state index is 0.704. The van der Waals surface area contributed by atoms with E-state index >= 15 is 0 Å². The van der Waals surface area contributed by atoms with E-state index in [4.69, 9.17) is 0 Å². The Bertz CT molecular complexity index is 351. The van der Waals surface area contributed by atoms with Gasteiger partial charge in [-0.15, -0.1) is 21.5 Å². The highest BCUT2D eigenvalue weighted by Gasteiger charge is 2.05. The predicted octanol–water partition coefficient (Wildman–Crippen LogP) is 1.25. The molecular formula is C7H8N4S. The Kier molecular flexibility index (Phi) is 1.65. The normalized spacial score (nSPS) is 10.5. The van der Waals surface area contributed by atoms with Crippen LogP contribution in [0.5, 0.6) is 0 Å². The lowest BCUT2D eigenvalue weighted by molar-refractivity contribution is 0.630. The molecule has 5 heteroatoms. The van der Waals surface area contributed by atoms with Crippen LogP contribution in [-0.4, -0.2) is 20.2 Å². The molecule has 0 spiro atoms. The number of thiophene rings is 1. The summed E-state index contributed by atoms with van der Waals surface area (Å²) < 4.78 is 0. The third-order valence-corrected chi connectivity index (χ3v) is 2.47. The van der Waals surface area contributed by atoms with Gasteiger partial charge in [-0.2, -0.15) is 4.80 Å². The van der Waals surface area contributed by atoms with Crippen LogP contribution in [0.25, 0.3) is 10.7 Å². The van der Waals surface area contributed by atoms with Gasteiger partial charge in [0.2, 0.25) is 5.82 Å². The zero-order valence-corrected chi connectivity index (χ0v) is 7.67. The lowest BCUT2D eigenvalue weighted by Gasteiger charge is -1.83. The maximum atomic E-state index is 4.10. The molecule has 0 atom stereocenters. The molecule has 2 aromatic heterocycles. The average molecular weight is 180 g/mol. The van der Waals surface area contributed by atoms with Gasteiger partial charge in [-0.25, -0.2) is 0 Å². The highest BCUT2D eigenvalue weighted by Crippen LogP contribution is 2.23. The van der Waals surface area contributed by atoms with E-state index in [1.54, 1.807) is 18.4 Å². The van der Waals surface area contributed by atoms with Crippen LogP contribution in [0, 0.1) is 6.92 Å². The van der Waals surface area contributed by atoms with Gasteiger partial charge in [0.05, 0.1) is 11.9 Å². The number of tetrazole rings is 1. The molecule has 62 valence electrons. The van der Waals surface area contributed by atoms with E-state index in [-0.39, 0.29) is 0 Å². The van der Waals surface area contributed by atoms with Gasteiger partial charge in [0, 0.05) is 4.88 Å². The SMILES string of the molecule is Cc1ccc(-c2nnn(C)n2)s1. The van der Waals surface area contributed by atoms with Crippen molar-refractivity contribution in [2.75, 3.05) is 0 Å². The first-order chi connectivity index (χ1) is 5.75. The smallest absolute Gasteiger partial charge is 0.167 e. The molecule has 0 aliphatic heterocycles. The van der Waals surface area contributed by atoms with E-state index in [0.29, 0.717) is 5.82 Å². The predicted molar refractivity (Wildman–Crippen MR) is 46.8 cm³/mol. The number of hydrogen-bond donors (Lipinski definition) is 0. The third-order valence-electron chi connectivity index (χ3n) is 1.47. The summed E-state index contributed by atoms with van der Waals surface area (Å²) in [6.45, 7) is 2.06. The summed E-state index contributed by atoms with van der Waals surface area (Å²) in [5, 5.41) is 11.8. The van der Waals surface area contributed by atoms with Gasteiger partial charge in [-0.3, -0.25) is 0 Å². The summed E-state index contributed by atoms with van der Waals surface area (Å²) >= 11 is 1.68. The first-order valence-corrected chi connectivity index (χ1v) is 4.38. The van der Waals surface area contributed by atoms with Crippen LogP contribution in [0.15, 0.2) is 12.1 Å². The largest absolute Gasteiger partial charge is 0.214 e. The van der Waals surface area contributed by atoms with E-state index < -0.39 is 0 Å². The summed E-state index contributed by atoms with van der Waals surface area (Å²) in [5.41, 5.74) is 0. The lowest BCUT2D eigenvalue weighted by Crippen LogP contribution is -1.91. The molecule has 0 N–H and O–H groups in total. The molecule has 12 heavy (non-hydrogen) atoms. The van der Waals surface area contributed by atoms with E-state index in [1.165, 1.54) is 9.67 Å². The fourth-order valence-electron chi connectivity index (χ4n) is 0.937.